The van der Waals surface area contributed by atoms with Gasteiger partial charge in [-0.3, -0.25) is 19.7 Å². The first-order chi connectivity index (χ1) is 9.45. The Bertz CT molecular complexity index is 330. The maximum Gasteiger partial charge on any atom is 0.248 e. The molecule has 2 amide bonds. The third-order valence-electron chi connectivity index (χ3n) is 3.58. The lowest BCUT2D eigenvalue weighted by Crippen LogP contribution is -2.48. The van der Waals surface area contributed by atoms with Crippen LogP contribution in [0.15, 0.2) is 0 Å². The number of hydrogen-bond donors (Lipinski definition) is 3. The smallest absolute Gasteiger partial charge is 0.248 e. The van der Waals surface area contributed by atoms with Crippen molar-refractivity contribution in [1.82, 2.24) is 10.4 Å². The van der Waals surface area contributed by atoms with Gasteiger partial charge in [-0.1, -0.05) is 13.8 Å². The zero-order valence-corrected chi connectivity index (χ0v) is 12.2. The maximum atomic E-state index is 11.9. The molecule has 1 rings (SSSR count). The summed E-state index contributed by atoms with van der Waals surface area (Å²) in [5.41, 5.74) is 7.10. The summed E-state index contributed by atoms with van der Waals surface area (Å²) >= 11 is 0. The van der Waals surface area contributed by atoms with Gasteiger partial charge in [0, 0.05) is 19.6 Å². The number of rotatable bonds is 7. The van der Waals surface area contributed by atoms with Crippen molar-refractivity contribution in [2.75, 3.05) is 32.8 Å². The molecular formula is C13H25N3O4. The van der Waals surface area contributed by atoms with Crippen molar-refractivity contribution in [3.05, 3.63) is 0 Å². The molecule has 20 heavy (non-hydrogen) atoms. The number of nitrogens with zero attached hydrogens (tertiary/aromatic N) is 1. The molecule has 0 aliphatic carbocycles. The molecule has 2 atom stereocenters. The molecular weight excluding hydrogens is 262 g/mol. The highest BCUT2D eigenvalue weighted by Gasteiger charge is 2.34. The Morgan fingerprint density at radius 2 is 1.90 bits per heavy atom. The van der Waals surface area contributed by atoms with Crippen LogP contribution >= 0.6 is 0 Å². The average Bonchev–Trinajstić information content (AvgIpc) is 2.42. The van der Waals surface area contributed by atoms with E-state index >= 15 is 0 Å². The number of amides is 2. The fraction of sp³-hybridized carbons (Fsp3) is 0.846. The Balaban J connectivity index is 2.78. The van der Waals surface area contributed by atoms with E-state index in [9.17, 15) is 9.59 Å². The number of nitrogens with one attached hydrogen (secondary N) is 1. The Morgan fingerprint density at radius 1 is 1.30 bits per heavy atom. The molecule has 0 aromatic rings. The molecule has 1 heterocycles. The molecule has 1 aliphatic heterocycles. The van der Waals surface area contributed by atoms with E-state index in [1.54, 1.807) is 5.48 Å². The van der Waals surface area contributed by atoms with Crippen LogP contribution in [0, 0.1) is 17.8 Å². The summed E-state index contributed by atoms with van der Waals surface area (Å²) in [5, 5.41) is 8.90. The van der Waals surface area contributed by atoms with E-state index in [1.165, 1.54) is 0 Å². The SMILES string of the molecule is CC(C)CC(C(N)=O)[C@H](CN1CCOCC1)C(=O)NO. The average molecular weight is 287 g/mol. The summed E-state index contributed by atoms with van der Waals surface area (Å²) in [6.07, 6.45) is 0.526. The minimum atomic E-state index is -0.641. The van der Waals surface area contributed by atoms with Gasteiger partial charge in [-0.15, -0.1) is 0 Å². The van der Waals surface area contributed by atoms with Crippen LogP contribution < -0.4 is 11.2 Å². The number of nitrogens with two attached hydrogens (primary N) is 1. The number of carbonyl (C=O) groups is 2. The molecule has 1 fully saturated rings. The molecule has 1 unspecified atom stereocenters. The van der Waals surface area contributed by atoms with Crippen molar-refractivity contribution in [3.8, 4) is 0 Å². The minimum absolute atomic E-state index is 0.242. The van der Waals surface area contributed by atoms with Crippen LogP contribution in [0.3, 0.4) is 0 Å². The topological polar surface area (TPSA) is 105 Å². The summed E-state index contributed by atoms with van der Waals surface area (Å²) in [6, 6.07) is 0. The van der Waals surface area contributed by atoms with E-state index < -0.39 is 23.7 Å². The molecule has 116 valence electrons. The van der Waals surface area contributed by atoms with Crippen LogP contribution in [-0.2, 0) is 14.3 Å². The Kier molecular flexibility index (Phi) is 6.90. The van der Waals surface area contributed by atoms with Crippen molar-refractivity contribution in [3.63, 3.8) is 0 Å². The lowest BCUT2D eigenvalue weighted by molar-refractivity contribution is -0.141. The van der Waals surface area contributed by atoms with E-state index in [0.29, 0.717) is 39.3 Å². The van der Waals surface area contributed by atoms with Crippen molar-refractivity contribution >= 4 is 11.8 Å². The van der Waals surface area contributed by atoms with Crippen molar-refractivity contribution < 1.29 is 19.5 Å². The Hall–Kier alpha value is -1.18. The predicted octanol–water partition coefficient (Wildman–Crippen LogP) is -0.412. The number of morpholine rings is 1. The van der Waals surface area contributed by atoms with Crippen LogP contribution in [-0.4, -0.2) is 54.8 Å². The van der Waals surface area contributed by atoms with Gasteiger partial charge in [-0.2, -0.15) is 0 Å². The second-order valence-electron chi connectivity index (χ2n) is 5.63. The second-order valence-corrected chi connectivity index (χ2v) is 5.63. The van der Waals surface area contributed by atoms with Gasteiger partial charge in [0.1, 0.15) is 0 Å². The molecule has 0 radical (unpaired) electrons. The van der Waals surface area contributed by atoms with Crippen molar-refractivity contribution in [1.29, 1.82) is 0 Å². The highest BCUT2D eigenvalue weighted by Crippen LogP contribution is 2.22. The zero-order valence-electron chi connectivity index (χ0n) is 12.2. The van der Waals surface area contributed by atoms with Gasteiger partial charge in [-0.25, -0.2) is 5.48 Å². The first-order valence-electron chi connectivity index (χ1n) is 6.99. The molecule has 0 aromatic heterocycles. The van der Waals surface area contributed by atoms with E-state index in [0.717, 1.165) is 0 Å². The van der Waals surface area contributed by atoms with Gasteiger partial charge in [0.05, 0.1) is 25.0 Å². The van der Waals surface area contributed by atoms with Crippen LogP contribution in [0.2, 0.25) is 0 Å². The van der Waals surface area contributed by atoms with Gasteiger partial charge in [0.2, 0.25) is 11.8 Å². The first-order valence-corrected chi connectivity index (χ1v) is 6.99. The van der Waals surface area contributed by atoms with E-state index in [4.69, 9.17) is 15.7 Å². The number of hydroxylamine groups is 1. The first kappa shape index (κ1) is 16.9. The quantitative estimate of drug-likeness (QED) is 0.436. The molecule has 1 aliphatic rings. The van der Waals surface area contributed by atoms with Crippen molar-refractivity contribution in [2.45, 2.75) is 20.3 Å². The van der Waals surface area contributed by atoms with E-state index in [2.05, 4.69) is 4.90 Å². The molecule has 0 bridgehead atoms. The van der Waals surface area contributed by atoms with Crippen LogP contribution in [0.25, 0.3) is 0 Å². The number of primary amides is 1. The molecule has 4 N–H and O–H groups in total. The summed E-state index contributed by atoms with van der Waals surface area (Å²) in [5.74, 6) is -2.03. The molecule has 0 saturated carbocycles. The summed E-state index contributed by atoms with van der Waals surface area (Å²) < 4.78 is 5.26. The normalized spacial score (nSPS) is 19.6. The molecule has 1 saturated heterocycles. The van der Waals surface area contributed by atoms with Crippen molar-refractivity contribution in [2.24, 2.45) is 23.5 Å². The second kappa shape index (κ2) is 8.18. The maximum absolute atomic E-state index is 11.9. The van der Waals surface area contributed by atoms with Gasteiger partial charge in [-0.05, 0) is 12.3 Å². The minimum Gasteiger partial charge on any atom is -0.379 e. The third kappa shape index (κ3) is 5.07. The largest absolute Gasteiger partial charge is 0.379 e. The third-order valence-corrected chi connectivity index (χ3v) is 3.58. The number of hydrogen-bond acceptors (Lipinski definition) is 5. The van der Waals surface area contributed by atoms with Gasteiger partial charge >= 0.3 is 0 Å². The predicted molar refractivity (Wildman–Crippen MR) is 72.8 cm³/mol. The van der Waals surface area contributed by atoms with Gasteiger partial charge in [0.25, 0.3) is 0 Å². The highest BCUT2D eigenvalue weighted by molar-refractivity contribution is 5.86. The Labute approximate surface area is 119 Å². The zero-order chi connectivity index (χ0) is 15.1. The van der Waals surface area contributed by atoms with E-state index in [1.807, 2.05) is 13.8 Å². The van der Waals surface area contributed by atoms with Gasteiger partial charge < -0.3 is 10.5 Å². The lowest BCUT2D eigenvalue weighted by Gasteiger charge is -2.32. The van der Waals surface area contributed by atoms with Crippen LogP contribution in [0.1, 0.15) is 20.3 Å². The summed E-state index contributed by atoms with van der Waals surface area (Å²) in [6.45, 7) is 6.98. The molecule has 0 aromatic carbocycles. The molecule has 7 nitrogen and oxygen atoms in total. The monoisotopic (exact) mass is 287 g/mol. The fourth-order valence-corrected chi connectivity index (χ4v) is 2.52. The molecule has 7 heteroatoms. The summed E-state index contributed by atoms with van der Waals surface area (Å²) in [7, 11) is 0. The Morgan fingerprint density at radius 3 is 2.35 bits per heavy atom. The summed E-state index contributed by atoms with van der Waals surface area (Å²) in [4.78, 5) is 25.6. The fourth-order valence-electron chi connectivity index (χ4n) is 2.52. The van der Waals surface area contributed by atoms with Crippen LogP contribution in [0.4, 0.5) is 0 Å². The molecule has 0 spiro atoms. The standard InChI is InChI=1S/C13H25N3O4/c1-9(2)7-10(12(14)17)11(13(18)15-19)8-16-3-5-20-6-4-16/h9-11,19H,3-8H2,1-2H3,(H2,14,17)(H,15,18)/t10?,11-/m0/s1. The van der Waals surface area contributed by atoms with E-state index in [-0.39, 0.29) is 5.92 Å². The highest BCUT2D eigenvalue weighted by atomic mass is 16.5. The number of ether oxygens (including phenoxy) is 1. The lowest BCUT2D eigenvalue weighted by atomic mass is 9.83. The van der Waals surface area contributed by atoms with Gasteiger partial charge in [0.15, 0.2) is 0 Å². The van der Waals surface area contributed by atoms with Crippen LogP contribution in [0.5, 0.6) is 0 Å². The number of carbonyl (C=O) groups excluding carboxylic acids is 2.